The fourth-order valence-corrected chi connectivity index (χ4v) is 2.21. The number of nitrogens with zero attached hydrogens (tertiary/aromatic N) is 4. The molecule has 2 aromatic heterocycles. The Morgan fingerprint density at radius 2 is 2.10 bits per heavy atom. The van der Waals surface area contributed by atoms with Crippen molar-refractivity contribution in [1.29, 1.82) is 5.26 Å². The van der Waals surface area contributed by atoms with Crippen LogP contribution >= 0.6 is 0 Å². The molecule has 1 aromatic carbocycles. The SMILES string of the molecule is N#Cc1cccn1-c1ccc([N+](=O)[O-])c2cnccc12. The second-order valence-corrected chi connectivity index (χ2v) is 4.16. The molecule has 0 fully saturated rings. The van der Waals surface area contributed by atoms with Crippen molar-refractivity contribution >= 4 is 16.5 Å². The Kier molecular flexibility index (Phi) is 2.66. The summed E-state index contributed by atoms with van der Waals surface area (Å²) in [5, 5.41) is 21.3. The second-order valence-electron chi connectivity index (χ2n) is 4.16. The molecule has 0 N–H and O–H groups in total. The standard InChI is InChI=1S/C14H8N4O2/c15-8-10-2-1-7-17(10)13-3-4-14(18(19)20)12-9-16-6-5-11(12)13/h1-7,9H. The van der Waals surface area contributed by atoms with Crippen LogP contribution in [-0.2, 0) is 0 Å². The van der Waals surface area contributed by atoms with Gasteiger partial charge in [-0.2, -0.15) is 5.26 Å². The van der Waals surface area contributed by atoms with Crippen molar-refractivity contribution in [2.24, 2.45) is 0 Å². The first-order valence-electron chi connectivity index (χ1n) is 5.81. The molecule has 0 aliphatic heterocycles. The fraction of sp³-hybridized carbons (Fsp3) is 0. The van der Waals surface area contributed by atoms with Gasteiger partial charge in [0.25, 0.3) is 5.69 Å². The summed E-state index contributed by atoms with van der Waals surface area (Å²) in [5.74, 6) is 0. The van der Waals surface area contributed by atoms with Gasteiger partial charge in [0.2, 0.25) is 0 Å². The molecule has 0 saturated carbocycles. The molecule has 0 amide bonds. The maximum absolute atomic E-state index is 11.1. The Morgan fingerprint density at radius 1 is 1.25 bits per heavy atom. The molecule has 20 heavy (non-hydrogen) atoms. The maximum Gasteiger partial charge on any atom is 0.278 e. The highest BCUT2D eigenvalue weighted by Gasteiger charge is 2.15. The Balaban J connectivity index is 2.37. The molecule has 0 atom stereocenters. The molecule has 6 heteroatoms. The van der Waals surface area contributed by atoms with Crippen LogP contribution in [0.5, 0.6) is 0 Å². The predicted octanol–water partition coefficient (Wildman–Crippen LogP) is 2.81. The highest BCUT2D eigenvalue weighted by molar-refractivity contribution is 5.96. The monoisotopic (exact) mass is 264 g/mol. The molecule has 0 bridgehead atoms. The number of nitriles is 1. The summed E-state index contributed by atoms with van der Waals surface area (Å²) in [6, 6.07) is 10.3. The van der Waals surface area contributed by atoms with E-state index in [1.165, 1.54) is 12.3 Å². The van der Waals surface area contributed by atoms with Crippen LogP contribution < -0.4 is 0 Å². The number of benzene rings is 1. The Hall–Kier alpha value is -3.20. The molecule has 0 spiro atoms. The Labute approximate surface area is 113 Å². The van der Waals surface area contributed by atoms with Crippen molar-refractivity contribution in [1.82, 2.24) is 9.55 Å². The van der Waals surface area contributed by atoms with Crippen LogP contribution in [0.4, 0.5) is 5.69 Å². The van der Waals surface area contributed by atoms with Crippen LogP contribution in [0, 0.1) is 21.4 Å². The molecule has 0 radical (unpaired) electrons. The molecule has 0 saturated heterocycles. The van der Waals surface area contributed by atoms with Crippen molar-refractivity contribution in [2.45, 2.75) is 0 Å². The van der Waals surface area contributed by atoms with E-state index in [4.69, 9.17) is 5.26 Å². The zero-order valence-electron chi connectivity index (χ0n) is 10.2. The van der Waals surface area contributed by atoms with Crippen LogP contribution in [0.3, 0.4) is 0 Å². The van der Waals surface area contributed by atoms with Crippen LogP contribution in [0.15, 0.2) is 48.9 Å². The number of fused-ring (bicyclic) bond motifs is 1. The van der Waals surface area contributed by atoms with E-state index in [-0.39, 0.29) is 5.69 Å². The average molecular weight is 264 g/mol. The quantitative estimate of drug-likeness (QED) is 0.526. The fourth-order valence-electron chi connectivity index (χ4n) is 2.21. The lowest BCUT2D eigenvalue weighted by Gasteiger charge is -2.09. The Morgan fingerprint density at radius 3 is 2.85 bits per heavy atom. The van der Waals surface area contributed by atoms with Crippen molar-refractivity contribution in [3.63, 3.8) is 0 Å². The van der Waals surface area contributed by atoms with Gasteiger partial charge in [-0.15, -0.1) is 0 Å². The molecule has 3 rings (SSSR count). The number of hydrogen-bond acceptors (Lipinski definition) is 4. The molecule has 0 aliphatic carbocycles. The highest BCUT2D eigenvalue weighted by atomic mass is 16.6. The summed E-state index contributed by atoms with van der Waals surface area (Å²) < 4.78 is 1.70. The summed E-state index contributed by atoms with van der Waals surface area (Å²) in [6.07, 6.45) is 4.79. The van der Waals surface area contributed by atoms with E-state index in [2.05, 4.69) is 11.1 Å². The van der Waals surface area contributed by atoms with Crippen molar-refractivity contribution < 1.29 is 4.92 Å². The summed E-state index contributed by atoms with van der Waals surface area (Å²) in [6.45, 7) is 0. The third kappa shape index (κ3) is 1.69. The minimum atomic E-state index is -0.436. The normalized spacial score (nSPS) is 10.3. The summed E-state index contributed by atoms with van der Waals surface area (Å²) in [5.41, 5.74) is 1.19. The molecule has 2 heterocycles. The largest absolute Gasteiger partial charge is 0.308 e. The molecule has 3 aromatic rings. The molecule has 0 aliphatic rings. The average Bonchev–Trinajstić information content (AvgIpc) is 2.94. The van der Waals surface area contributed by atoms with Crippen LogP contribution in [0.2, 0.25) is 0 Å². The molecular formula is C14H8N4O2. The third-order valence-corrected chi connectivity index (χ3v) is 3.09. The van der Waals surface area contributed by atoms with E-state index in [9.17, 15) is 10.1 Å². The lowest BCUT2D eigenvalue weighted by molar-refractivity contribution is -0.383. The van der Waals surface area contributed by atoms with E-state index in [1.807, 2.05) is 0 Å². The number of pyridine rings is 1. The van der Waals surface area contributed by atoms with E-state index < -0.39 is 4.92 Å². The minimum Gasteiger partial charge on any atom is -0.308 e. The van der Waals surface area contributed by atoms with Crippen LogP contribution in [0.25, 0.3) is 16.5 Å². The van der Waals surface area contributed by atoms with Gasteiger partial charge in [-0.05, 0) is 24.3 Å². The number of nitro groups is 1. The zero-order chi connectivity index (χ0) is 14.1. The summed E-state index contributed by atoms with van der Waals surface area (Å²) >= 11 is 0. The van der Waals surface area contributed by atoms with Gasteiger partial charge >= 0.3 is 0 Å². The minimum absolute atomic E-state index is 0.00233. The van der Waals surface area contributed by atoms with Crippen molar-refractivity contribution in [3.8, 4) is 11.8 Å². The van der Waals surface area contributed by atoms with E-state index in [0.29, 0.717) is 16.5 Å². The van der Waals surface area contributed by atoms with E-state index in [0.717, 1.165) is 5.69 Å². The first-order valence-corrected chi connectivity index (χ1v) is 5.81. The topological polar surface area (TPSA) is 84.8 Å². The predicted molar refractivity (Wildman–Crippen MR) is 72.4 cm³/mol. The first kappa shape index (κ1) is 11.9. The number of aromatic nitrogens is 2. The third-order valence-electron chi connectivity index (χ3n) is 3.09. The lowest BCUT2D eigenvalue weighted by atomic mass is 10.1. The van der Waals surface area contributed by atoms with Gasteiger partial charge in [0.05, 0.1) is 16.0 Å². The van der Waals surface area contributed by atoms with Crippen molar-refractivity contribution in [3.05, 3.63) is 64.7 Å². The summed E-state index contributed by atoms with van der Waals surface area (Å²) in [4.78, 5) is 14.6. The van der Waals surface area contributed by atoms with Crippen LogP contribution in [0.1, 0.15) is 5.69 Å². The second kappa shape index (κ2) is 4.48. The summed E-state index contributed by atoms with van der Waals surface area (Å²) in [7, 11) is 0. The number of hydrogen-bond donors (Lipinski definition) is 0. The number of rotatable bonds is 2. The smallest absolute Gasteiger partial charge is 0.278 e. The first-order chi connectivity index (χ1) is 9.72. The molecule has 6 nitrogen and oxygen atoms in total. The van der Waals surface area contributed by atoms with Crippen molar-refractivity contribution in [2.75, 3.05) is 0 Å². The van der Waals surface area contributed by atoms with Crippen LogP contribution in [-0.4, -0.2) is 14.5 Å². The van der Waals surface area contributed by atoms with Gasteiger partial charge in [0, 0.05) is 30.0 Å². The Bertz CT molecular complexity index is 861. The lowest BCUT2D eigenvalue weighted by Crippen LogP contribution is -1.98. The van der Waals surface area contributed by atoms with Gasteiger partial charge in [0.1, 0.15) is 11.8 Å². The molecular weight excluding hydrogens is 256 g/mol. The van der Waals surface area contributed by atoms with Gasteiger partial charge < -0.3 is 4.57 Å². The number of non-ortho nitro benzene ring substituents is 1. The van der Waals surface area contributed by atoms with Gasteiger partial charge in [0.15, 0.2) is 0 Å². The van der Waals surface area contributed by atoms with E-state index >= 15 is 0 Å². The van der Waals surface area contributed by atoms with Gasteiger partial charge in [-0.3, -0.25) is 15.1 Å². The highest BCUT2D eigenvalue weighted by Crippen LogP contribution is 2.30. The maximum atomic E-state index is 11.1. The molecule has 0 unspecified atom stereocenters. The van der Waals surface area contributed by atoms with Gasteiger partial charge in [-0.1, -0.05) is 0 Å². The zero-order valence-corrected chi connectivity index (χ0v) is 10.2. The van der Waals surface area contributed by atoms with E-state index in [1.54, 1.807) is 41.2 Å². The van der Waals surface area contributed by atoms with Gasteiger partial charge in [-0.25, -0.2) is 0 Å². The number of nitro benzene ring substituents is 1. The molecule has 96 valence electrons.